The molecule has 2 atom stereocenters. The summed E-state index contributed by atoms with van der Waals surface area (Å²) in [4.78, 5) is 27.1. The number of hydrogen-bond donors (Lipinski definition) is 1. The Bertz CT molecular complexity index is 456. The molecule has 0 aromatic carbocycles. The lowest BCUT2D eigenvalue weighted by atomic mass is 9.99. The van der Waals surface area contributed by atoms with Crippen LogP contribution in [0.4, 0.5) is 0 Å². The third-order valence-corrected chi connectivity index (χ3v) is 4.35. The van der Waals surface area contributed by atoms with Crippen molar-refractivity contribution in [2.75, 3.05) is 6.54 Å². The Balaban J connectivity index is 2.09. The minimum atomic E-state index is -0.382. The first-order valence-corrected chi connectivity index (χ1v) is 7.49. The molecule has 19 heavy (non-hydrogen) atoms. The highest BCUT2D eigenvalue weighted by atomic mass is 32.1. The average molecular weight is 280 g/mol. The van der Waals surface area contributed by atoms with Crippen LogP contribution >= 0.6 is 11.3 Å². The van der Waals surface area contributed by atoms with Gasteiger partial charge >= 0.3 is 0 Å². The van der Waals surface area contributed by atoms with Crippen LogP contribution in [0.5, 0.6) is 0 Å². The molecule has 104 valence electrons. The van der Waals surface area contributed by atoms with Gasteiger partial charge in [-0.15, -0.1) is 11.3 Å². The van der Waals surface area contributed by atoms with Crippen LogP contribution in [-0.4, -0.2) is 35.3 Å². The average Bonchev–Trinajstić information content (AvgIpc) is 2.84. The van der Waals surface area contributed by atoms with Crippen molar-refractivity contribution in [3.05, 3.63) is 22.4 Å². The topological polar surface area (TPSA) is 49.4 Å². The van der Waals surface area contributed by atoms with E-state index in [1.807, 2.05) is 32.2 Å². The predicted molar refractivity (Wildman–Crippen MR) is 76.0 cm³/mol. The molecular weight excluding hydrogens is 260 g/mol. The third-order valence-electron chi connectivity index (χ3n) is 3.45. The molecule has 1 aliphatic rings. The van der Waals surface area contributed by atoms with Gasteiger partial charge in [0.25, 0.3) is 0 Å². The molecule has 0 spiro atoms. The van der Waals surface area contributed by atoms with Gasteiger partial charge in [0.15, 0.2) is 0 Å². The largest absolute Gasteiger partial charge is 0.343 e. The standard InChI is InChI=1S/C14H20N2O2S/c1-9(2)13-14(18)16(8-12(17)15-13)10(3)7-11-5-4-6-19-11/h4-6,9-10,13H,7-8H2,1-3H3,(H,15,17). The summed E-state index contributed by atoms with van der Waals surface area (Å²) in [5, 5.41) is 4.81. The normalized spacial score (nSPS) is 21.7. The fourth-order valence-corrected chi connectivity index (χ4v) is 3.17. The van der Waals surface area contributed by atoms with Gasteiger partial charge in [0.2, 0.25) is 11.8 Å². The van der Waals surface area contributed by atoms with Crippen molar-refractivity contribution in [3.63, 3.8) is 0 Å². The number of piperazine rings is 1. The van der Waals surface area contributed by atoms with Gasteiger partial charge in [0.05, 0.1) is 6.54 Å². The van der Waals surface area contributed by atoms with Crippen molar-refractivity contribution in [2.45, 2.75) is 39.3 Å². The fraction of sp³-hybridized carbons (Fsp3) is 0.571. The zero-order valence-corrected chi connectivity index (χ0v) is 12.4. The minimum Gasteiger partial charge on any atom is -0.343 e. The Morgan fingerprint density at radius 1 is 1.42 bits per heavy atom. The predicted octanol–water partition coefficient (Wildman–Crippen LogP) is 1.66. The lowest BCUT2D eigenvalue weighted by molar-refractivity contribution is -0.147. The van der Waals surface area contributed by atoms with Gasteiger partial charge in [-0.05, 0) is 24.3 Å². The molecule has 1 N–H and O–H groups in total. The van der Waals surface area contributed by atoms with Crippen molar-refractivity contribution < 1.29 is 9.59 Å². The summed E-state index contributed by atoms with van der Waals surface area (Å²) in [5.41, 5.74) is 0. The van der Waals surface area contributed by atoms with E-state index in [2.05, 4.69) is 11.4 Å². The first-order valence-electron chi connectivity index (χ1n) is 6.61. The summed E-state index contributed by atoms with van der Waals surface area (Å²) in [6.45, 7) is 6.09. The molecule has 2 unspecified atom stereocenters. The highest BCUT2D eigenvalue weighted by Crippen LogP contribution is 2.18. The number of carbonyl (C=O) groups is 2. The molecule has 1 aromatic heterocycles. The van der Waals surface area contributed by atoms with Gasteiger partial charge in [-0.3, -0.25) is 9.59 Å². The van der Waals surface area contributed by atoms with E-state index in [9.17, 15) is 9.59 Å². The summed E-state index contributed by atoms with van der Waals surface area (Å²) in [5.74, 6) is 0.100. The van der Waals surface area contributed by atoms with Crippen LogP contribution in [0.1, 0.15) is 25.6 Å². The number of nitrogens with zero attached hydrogens (tertiary/aromatic N) is 1. The molecule has 1 fully saturated rings. The van der Waals surface area contributed by atoms with E-state index in [0.717, 1.165) is 6.42 Å². The summed E-state index contributed by atoms with van der Waals surface area (Å²) >= 11 is 1.69. The second kappa shape index (κ2) is 5.74. The van der Waals surface area contributed by atoms with Crippen LogP contribution in [-0.2, 0) is 16.0 Å². The maximum atomic E-state index is 12.4. The van der Waals surface area contributed by atoms with Gasteiger partial charge in [-0.1, -0.05) is 19.9 Å². The van der Waals surface area contributed by atoms with Crippen LogP contribution in [0.3, 0.4) is 0 Å². The Labute approximate surface area is 117 Å². The lowest BCUT2D eigenvalue weighted by Gasteiger charge is -2.37. The van der Waals surface area contributed by atoms with Crippen LogP contribution in [0.2, 0.25) is 0 Å². The molecule has 2 amide bonds. The molecule has 1 aromatic rings. The van der Waals surface area contributed by atoms with E-state index in [-0.39, 0.29) is 36.4 Å². The number of hydrogen-bond acceptors (Lipinski definition) is 3. The van der Waals surface area contributed by atoms with Crippen LogP contribution in [0.25, 0.3) is 0 Å². The van der Waals surface area contributed by atoms with Crippen LogP contribution < -0.4 is 5.32 Å². The highest BCUT2D eigenvalue weighted by molar-refractivity contribution is 7.09. The number of nitrogens with one attached hydrogen (secondary N) is 1. The van der Waals surface area contributed by atoms with Gasteiger partial charge < -0.3 is 10.2 Å². The van der Waals surface area contributed by atoms with Gasteiger partial charge in [-0.2, -0.15) is 0 Å². The SMILES string of the molecule is CC(C)C1NC(=O)CN(C(C)Cc2cccs2)C1=O. The van der Waals surface area contributed by atoms with Gasteiger partial charge in [0.1, 0.15) is 6.04 Å². The number of thiophene rings is 1. The molecule has 4 nitrogen and oxygen atoms in total. The van der Waals surface area contributed by atoms with E-state index >= 15 is 0 Å². The zero-order chi connectivity index (χ0) is 14.0. The highest BCUT2D eigenvalue weighted by Gasteiger charge is 2.36. The summed E-state index contributed by atoms with van der Waals surface area (Å²) in [6, 6.07) is 3.75. The first-order chi connectivity index (χ1) is 8.99. The maximum absolute atomic E-state index is 12.4. The molecule has 0 aliphatic carbocycles. The van der Waals surface area contributed by atoms with Crippen molar-refractivity contribution in [2.24, 2.45) is 5.92 Å². The zero-order valence-electron chi connectivity index (χ0n) is 11.6. The molecule has 0 radical (unpaired) electrons. The molecule has 0 saturated carbocycles. The number of carbonyl (C=O) groups excluding carboxylic acids is 2. The molecule has 1 saturated heterocycles. The van der Waals surface area contributed by atoms with Crippen LogP contribution in [0, 0.1) is 5.92 Å². The first kappa shape index (κ1) is 14.1. The second-order valence-corrected chi connectivity index (χ2v) is 6.42. The Kier molecular flexibility index (Phi) is 4.24. The van der Waals surface area contributed by atoms with Gasteiger partial charge in [0, 0.05) is 17.3 Å². The smallest absolute Gasteiger partial charge is 0.246 e. The van der Waals surface area contributed by atoms with E-state index in [4.69, 9.17) is 0 Å². The molecule has 1 aliphatic heterocycles. The monoisotopic (exact) mass is 280 g/mol. The fourth-order valence-electron chi connectivity index (χ4n) is 2.35. The molecule has 5 heteroatoms. The molecule has 2 rings (SSSR count). The van der Waals surface area contributed by atoms with E-state index in [1.54, 1.807) is 16.2 Å². The van der Waals surface area contributed by atoms with Crippen molar-refractivity contribution in [1.82, 2.24) is 10.2 Å². The Morgan fingerprint density at radius 3 is 2.74 bits per heavy atom. The minimum absolute atomic E-state index is 0.0404. The lowest BCUT2D eigenvalue weighted by Crippen LogP contribution is -2.62. The van der Waals surface area contributed by atoms with Crippen molar-refractivity contribution in [3.8, 4) is 0 Å². The summed E-state index contributed by atoms with van der Waals surface area (Å²) < 4.78 is 0. The number of rotatable bonds is 4. The van der Waals surface area contributed by atoms with E-state index in [0.29, 0.717) is 0 Å². The second-order valence-electron chi connectivity index (χ2n) is 5.39. The number of amides is 2. The molecule has 0 bridgehead atoms. The quantitative estimate of drug-likeness (QED) is 0.912. The molecular formula is C14H20N2O2S. The maximum Gasteiger partial charge on any atom is 0.246 e. The van der Waals surface area contributed by atoms with Crippen molar-refractivity contribution >= 4 is 23.2 Å². The van der Waals surface area contributed by atoms with E-state index < -0.39 is 0 Å². The van der Waals surface area contributed by atoms with Gasteiger partial charge in [-0.25, -0.2) is 0 Å². The summed E-state index contributed by atoms with van der Waals surface area (Å²) in [6.07, 6.45) is 0.807. The summed E-state index contributed by atoms with van der Waals surface area (Å²) in [7, 11) is 0. The van der Waals surface area contributed by atoms with E-state index in [1.165, 1.54) is 4.88 Å². The Hall–Kier alpha value is -1.36. The molecule has 2 heterocycles. The van der Waals surface area contributed by atoms with Crippen molar-refractivity contribution in [1.29, 1.82) is 0 Å². The Morgan fingerprint density at radius 2 is 2.16 bits per heavy atom. The van der Waals surface area contributed by atoms with Crippen LogP contribution in [0.15, 0.2) is 17.5 Å². The third kappa shape index (κ3) is 3.15.